The molecule has 1 aliphatic rings. The smallest absolute Gasteiger partial charge is 0.127 e. The molecule has 3 aromatic carbocycles. The van der Waals surface area contributed by atoms with Crippen molar-refractivity contribution in [2.45, 2.75) is 147 Å². The number of hydrogen-bond donors (Lipinski definition) is 0. The predicted molar refractivity (Wildman–Crippen MR) is 201 cm³/mol. The molecule has 1 heterocycles. The van der Waals surface area contributed by atoms with Crippen LogP contribution in [0.2, 0.25) is 0 Å². The van der Waals surface area contributed by atoms with Gasteiger partial charge in [-0.2, -0.15) is 0 Å². The molecule has 0 saturated carbocycles. The lowest BCUT2D eigenvalue weighted by Gasteiger charge is -2.51. The van der Waals surface area contributed by atoms with Crippen molar-refractivity contribution in [2.75, 3.05) is 11.4 Å². The zero-order valence-corrected chi connectivity index (χ0v) is 29.4. The number of nitrogens with zero attached hydrogens (tertiary/aromatic N) is 2. The highest BCUT2D eigenvalue weighted by molar-refractivity contribution is 5.56. The van der Waals surface area contributed by atoms with Gasteiger partial charge < -0.3 is 9.80 Å². The van der Waals surface area contributed by atoms with Gasteiger partial charge in [-0.15, -0.1) is 0 Å². The minimum atomic E-state index is -0.201. The van der Waals surface area contributed by atoms with Crippen LogP contribution in [-0.4, -0.2) is 17.1 Å². The maximum absolute atomic E-state index is 2.71. The van der Waals surface area contributed by atoms with Gasteiger partial charge in [0.15, 0.2) is 0 Å². The molecule has 250 valence electrons. The molecular weight excluding hydrogens is 556 g/mol. The van der Waals surface area contributed by atoms with Crippen LogP contribution < -0.4 is 4.90 Å². The van der Waals surface area contributed by atoms with Crippen molar-refractivity contribution in [1.82, 2.24) is 4.90 Å². The van der Waals surface area contributed by atoms with E-state index in [1.165, 1.54) is 126 Å². The Bertz CT molecular complexity index is 1190. The molecule has 0 amide bonds. The molecule has 0 N–H and O–H groups in total. The van der Waals surface area contributed by atoms with Crippen molar-refractivity contribution in [2.24, 2.45) is 0 Å². The standard InChI is InChI=1S/C44H64N2/c1-3-5-6-7-8-9-10-11-12-13-14-15-16-17-18-19-29-36-45-37-38-46(42-34-27-22-28-35-42)44(45,39-40-30-23-20-24-31-40)43(4-2)41-32-25-21-26-33-41/h20-28,30-35,37-38,43H,3-19,29,36,39H2,1-2H3. The molecule has 0 bridgehead atoms. The van der Waals surface area contributed by atoms with Gasteiger partial charge in [-0.25, -0.2) is 0 Å². The van der Waals surface area contributed by atoms with Crippen LogP contribution in [0.5, 0.6) is 0 Å². The van der Waals surface area contributed by atoms with E-state index < -0.39 is 0 Å². The Hall–Kier alpha value is -3.00. The molecule has 2 heteroatoms. The topological polar surface area (TPSA) is 6.48 Å². The summed E-state index contributed by atoms with van der Waals surface area (Å²) in [7, 11) is 0. The Morgan fingerprint density at radius 1 is 0.500 bits per heavy atom. The summed E-state index contributed by atoms with van der Waals surface area (Å²) in [5, 5.41) is 0. The lowest BCUT2D eigenvalue weighted by molar-refractivity contribution is 0.125. The quantitative estimate of drug-likeness (QED) is 0.0919. The van der Waals surface area contributed by atoms with Crippen molar-refractivity contribution in [3.8, 4) is 0 Å². The Kier molecular flexibility index (Phi) is 16.4. The molecule has 4 rings (SSSR count). The lowest BCUT2D eigenvalue weighted by atomic mass is 9.78. The fourth-order valence-corrected chi connectivity index (χ4v) is 7.81. The summed E-state index contributed by atoms with van der Waals surface area (Å²) in [6.07, 6.45) is 30.8. The molecule has 2 nitrogen and oxygen atoms in total. The second-order valence-electron chi connectivity index (χ2n) is 13.8. The van der Waals surface area contributed by atoms with E-state index in [-0.39, 0.29) is 5.66 Å². The van der Waals surface area contributed by atoms with Crippen molar-refractivity contribution < 1.29 is 0 Å². The first-order valence-electron chi connectivity index (χ1n) is 19.2. The SMILES string of the molecule is CCCCCCCCCCCCCCCCCCCN1C=CN(c2ccccc2)C1(Cc1ccccc1)C(CC)c1ccccc1. The average molecular weight is 621 g/mol. The normalized spacial score (nSPS) is 16.7. The van der Waals surface area contributed by atoms with Crippen molar-refractivity contribution >= 4 is 5.69 Å². The van der Waals surface area contributed by atoms with Crippen molar-refractivity contribution in [1.29, 1.82) is 0 Å². The number of anilines is 1. The molecule has 0 radical (unpaired) electrons. The van der Waals surface area contributed by atoms with Crippen molar-refractivity contribution in [3.05, 3.63) is 115 Å². The first-order chi connectivity index (χ1) is 22.8. The molecule has 2 unspecified atom stereocenters. The van der Waals surface area contributed by atoms with Gasteiger partial charge in [0.1, 0.15) is 5.66 Å². The zero-order valence-electron chi connectivity index (χ0n) is 29.4. The summed E-state index contributed by atoms with van der Waals surface area (Å²) in [6.45, 7) is 5.77. The number of unbranched alkanes of at least 4 members (excludes halogenated alkanes) is 16. The second kappa shape index (κ2) is 21.0. The highest BCUT2D eigenvalue weighted by Gasteiger charge is 2.50. The minimum Gasteiger partial charge on any atom is -0.352 e. The van der Waals surface area contributed by atoms with Crippen LogP contribution in [0.25, 0.3) is 0 Å². The first-order valence-corrected chi connectivity index (χ1v) is 19.2. The van der Waals surface area contributed by atoms with Crippen LogP contribution in [-0.2, 0) is 6.42 Å². The molecule has 1 aliphatic heterocycles. The molecule has 46 heavy (non-hydrogen) atoms. The molecule has 0 aromatic heterocycles. The summed E-state index contributed by atoms with van der Waals surface area (Å²) in [5.74, 6) is 0.356. The molecule has 0 spiro atoms. The van der Waals surface area contributed by atoms with Crippen LogP contribution in [0.3, 0.4) is 0 Å². The van der Waals surface area contributed by atoms with Gasteiger partial charge >= 0.3 is 0 Å². The Morgan fingerprint density at radius 2 is 0.957 bits per heavy atom. The summed E-state index contributed by atoms with van der Waals surface area (Å²) < 4.78 is 0. The molecule has 2 atom stereocenters. The Balaban J connectivity index is 1.29. The van der Waals surface area contributed by atoms with Crippen molar-refractivity contribution in [3.63, 3.8) is 0 Å². The third kappa shape index (κ3) is 10.8. The van der Waals surface area contributed by atoms with Gasteiger partial charge in [-0.05, 0) is 36.1 Å². The van der Waals surface area contributed by atoms with E-state index in [1.54, 1.807) is 0 Å². The largest absolute Gasteiger partial charge is 0.352 e. The van der Waals surface area contributed by atoms with Gasteiger partial charge in [-0.3, -0.25) is 0 Å². The van der Waals surface area contributed by atoms with Gasteiger partial charge in [-0.1, -0.05) is 195 Å². The van der Waals surface area contributed by atoms with Crippen LogP contribution in [0.4, 0.5) is 5.69 Å². The third-order valence-corrected chi connectivity index (χ3v) is 10.3. The van der Waals surface area contributed by atoms with Gasteiger partial charge in [0, 0.05) is 37.0 Å². The van der Waals surface area contributed by atoms with E-state index in [2.05, 4.69) is 127 Å². The van der Waals surface area contributed by atoms with E-state index in [1.807, 2.05) is 0 Å². The minimum absolute atomic E-state index is 0.201. The van der Waals surface area contributed by atoms with Crippen LogP contribution in [0.1, 0.15) is 146 Å². The fraction of sp³-hybridized carbons (Fsp3) is 0.545. The maximum atomic E-state index is 2.71. The molecule has 0 fully saturated rings. The summed E-state index contributed by atoms with van der Waals surface area (Å²) in [4.78, 5) is 5.30. The highest BCUT2D eigenvalue weighted by atomic mass is 15.4. The summed E-state index contributed by atoms with van der Waals surface area (Å²) in [6, 6.07) is 33.5. The van der Waals surface area contributed by atoms with Crippen LogP contribution in [0.15, 0.2) is 103 Å². The predicted octanol–water partition coefficient (Wildman–Crippen LogP) is 13.1. The fourth-order valence-electron chi connectivity index (χ4n) is 7.81. The molecular formula is C44H64N2. The summed E-state index contributed by atoms with van der Waals surface area (Å²) >= 11 is 0. The highest BCUT2D eigenvalue weighted by Crippen LogP contribution is 2.47. The number of benzene rings is 3. The Morgan fingerprint density at radius 3 is 1.46 bits per heavy atom. The first kappa shape index (κ1) is 35.8. The van der Waals surface area contributed by atoms with E-state index in [4.69, 9.17) is 0 Å². The van der Waals surface area contributed by atoms with Crippen LogP contribution in [0, 0.1) is 0 Å². The third-order valence-electron chi connectivity index (χ3n) is 10.3. The number of para-hydroxylation sites is 1. The summed E-state index contributed by atoms with van der Waals surface area (Å²) in [5.41, 5.74) is 3.90. The Labute approximate surface area is 283 Å². The van der Waals surface area contributed by atoms with E-state index >= 15 is 0 Å². The molecule has 0 saturated heterocycles. The number of hydrogen-bond acceptors (Lipinski definition) is 2. The number of rotatable bonds is 24. The average Bonchev–Trinajstić information content (AvgIpc) is 3.45. The van der Waals surface area contributed by atoms with Crippen LogP contribution >= 0.6 is 0 Å². The van der Waals surface area contributed by atoms with E-state index in [0.29, 0.717) is 5.92 Å². The zero-order chi connectivity index (χ0) is 32.1. The van der Waals surface area contributed by atoms with E-state index in [9.17, 15) is 0 Å². The lowest BCUT2D eigenvalue weighted by Crippen LogP contribution is -2.59. The van der Waals surface area contributed by atoms with Gasteiger partial charge in [0.05, 0.1) is 0 Å². The van der Waals surface area contributed by atoms with Gasteiger partial charge in [0.25, 0.3) is 0 Å². The maximum Gasteiger partial charge on any atom is 0.127 e. The molecule has 0 aliphatic carbocycles. The van der Waals surface area contributed by atoms with Gasteiger partial charge in [0.2, 0.25) is 0 Å². The second-order valence-corrected chi connectivity index (χ2v) is 13.8. The molecule has 3 aromatic rings. The monoisotopic (exact) mass is 621 g/mol. The van der Waals surface area contributed by atoms with E-state index in [0.717, 1.165) is 19.4 Å².